The minimum absolute atomic E-state index is 0.0516. The number of carbonyl (C=O) groups is 2. The molecule has 1 N–H and O–H groups in total. The van der Waals surface area contributed by atoms with Crippen molar-refractivity contribution in [2.45, 2.75) is 32.7 Å². The number of nitrogens with one attached hydrogen (secondary N) is 1. The van der Waals surface area contributed by atoms with Gasteiger partial charge in [-0.15, -0.1) is 10.2 Å². The number of halogens is 2. The van der Waals surface area contributed by atoms with Gasteiger partial charge in [-0.25, -0.2) is 0 Å². The molecule has 2 amide bonds. The molecule has 31 heavy (non-hydrogen) atoms. The van der Waals surface area contributed by atoms with Gasteiger partial charge in [0.05, 0.1) is 0 Å². The number of carbonyl (C=O) groups excluding carboxylic acids is 2. The summed E-state index contributed by atoms with van der Waals surface area (Å²) >= 11 is 13.4. The average molecular weight is 477 g/mol. The van der Waals surface area contributed by atoms with Crippen LogP contribution in [0.25, 0.3) is 10.6 Å². The highest BCUT2D eigenvalue weighted by Crippen LogP contribution is 2.26. The Morgan fingerprint density at radius 3 is 2.42 bits per heavy atom. The Labute approximate surface area is 195 Å². The number of hydrogen-bond acceptors (Lipinski definition) is 5. The van der Waals surface area contributed by atoms with Crippen molar-refractivity contribution >= 4 is 51.5 Å². The van der Waals surface area contributed by atoms with Gasteiger partial charge in [-0.1, -0.05) is 71.8 Å². The van der Waals surface area contributed by atoms with E-state index in [9.17, 15) is 9.59 Å². The van der Waals surface area contributed by atoms with Crippen molar-refractivity contribution in [3.63, 3.8) is 0 Å². The summed E-state index contributed by atoms with van der Waals surface area (Å²) in [7, 11) is 0. The Balaban J connectivity index is 1.64. The molecule has 2 aromatic carbocycles. The second-order valence-electron chi connectivity index (χ2n) is 6.99. The third kappa shape index (κ3) is 6.26. The molecule has 9 heteroatoms. The van der Waals surface area contributed by atoms with Gasteiger partial charge in [0.15, 0.2) is 0 Å². The zero-order valence-corrected chi connectivity index (χ0v) is 19.5. The second-order valence-corrected chi connectivity index (χ2v) is 8.84. The highest BCUT2D eigenvalue weighted by atomic mass is 35.5. The first-order valence-corrected chi connectivity index (χ1v) is 11.4. The normalized spacial score (nSPS) is 11.7. The molecule has 0 aliphatic rings. The standard InChI is InChI=1S/C22H22Cl2N4O2S/c1-3-14(2)28(21(30)16-11-17(23)13-18(24)12-16)10-9-19(29)25-22-27-26-20(31-22)15-7-5-4-6-8-15/h4-8,11-14H,3,9-10H2,1-2H3,(H,25,27,29). The Kier molecular flexibility index (Phi) is 8.01. The summed E-state index contributed by atoms with van der Waals surface area (Å²) in [6.07, 6.45) is 0.878. The molecule has 0 aliphatic carbocycles. The van der Waals surface area contributed by atoms with Crippen molar-refractivity contribution in [3.05, 3.63) is 64.1 Å². The first kappa shape index (κ1) is 23.2. The number of benzene rings is 2. The van der Waals surface area contributed by atoms with E-state index >= 15 is 0 Å². The van der Waals surface area contributed by atoms with Gasteiger partial charge >= 0.3 is 0 Å². The lowest BCUT2D eigenvalue weighted by Crippen LogP contribution is -2.40. The molecule has 3 rings (SSSR count). The number of nitrogens with zero attached hydrogens (tertiary/aromatic N) is 3. The summed E-state index contributed by atoms with van der Waals surface area (Å²) in [6, 6.07) is 14.3. The number of hydrogen-bond donors (Lipinski definition) is 1. The van der Waals surface area contributed by atoms with Crippen LogP contribution in [-0.4, -0.2) is 39.5 Å². The van der Waals surface area contributed by atoms with Crippen molar-refractivity contribution in [2.75, 3.05) is 11.9 Å². The van der Waals surface area contributed by atoms with E-state index in [1.165, 1.54) is 11.3 Å². The van der Waals surface area contributed by atoms with Crippen LogP contribution in [0, 0.1) is 0 Å². The topological polar surface area (TPSA) is 75.2 Å². The van der Waals surface area contributed by atoms with Crippen molar-refractivity contribution in [1.82, 2.24) is 15.1 Å². The monoisotopic (exact) mass is 476 g/mol. The Bertz CT molecular complexity index is 1040. The van der Waals surface area contributed by atoms with Crippen LogP contribution in [-0.2, 0) is 4.79 Å². The molecule has 0 fully saturated rings. The lowest BCUT2D eigenvalue weighted by Gasteiger charge is -2.28. The van der Waals surface area contributed by atoms with Gasteiger partial charge in [-0.05, 0) is 31.5 Å². The fraction of sp³-hybridized carbons (Fsp3) is 0.273. The van der Waals surface area contributed by atoms with Crippen molar-refractivity contribution in [2.24, 2.45) is 0 Å². The summed E-state index contributed by atoms with van der Waals surface area (Å²) in [6.45, 7) is 4.19. The number of rotatable bonds is 8. The van der Waals surface area contributed by atoms with E-state index in [2.05, 4.69) is 15.5 Å². The van der Waals surface area contributed by atoms with E-state index in [0.717, 1.165) is 17.0 Å². The molecule has 1 atom stereocenters. The zero-order chi connectivity index (χ0) is 22.4. The van der Waals surface area contributed by atoms with Gasteiger partial charge in [0.1, 0.15) is 5.01 Å². The molecule has 6 nitrogen and oxygen atoms in total. The largest absolute Gasteiger partial charge is 0.335 e. The molecular formula is C22H22Cl2N4O2S. The number of aromatic nitrogens is 2. The molecule has 0 saturated heterocycles. The van der Waals surface area contributed by atoms with E-state index in [-0.39, 0.29) is 30.8 Å². The number of amides is 2. The van der Waals surface area contributed by atoms with E-state index in [1.54, 1.807) is 23.1 Å². The highest BCUT2D eigenvalue weighted by molar-refractivity contribution is 7.18. The molecule has 3 aromatic rings. The molecule has 1 heterocycles. The highest BCUT2D eigenvalue weighted by Gasteiger charge is 2.22. The predicted octanol–water partition coefficient (Wildman–Crippen LogP) is 5.78. The maximum Gasteiger partial charge on any atom is 0.254 e. The summed E-state index contributed by atoms with van der Waals surface area (Å²) in [5.74, 6) is -0.449. The average Bonchev–Trinajstić information content (AvgIpc) is 3.21. The van der Waals surface area contributed by atoms with Crippen LogP contribution in [0.1, 0.15) is 37.0 Å². The first-order valence-electron chi connectivity index (χ1n) is 9.83. The summed E-state index contributed by atoms with van der Waals surface area (Å²) in [5.41, 5.74) is 1.34. The van der Waals surface area contributed by atoms with Crippen molar-refractivity contribution in [3.8, 4) is 10.6 Å². The van der Waals surface area contributed by atoms with Crippen molar-refractivity contribution < 1.29 is 9.59 Å². The van der Waals surface area contributed by atoms with Crippen LogP contribution in [0.15, 0.2) is 48.5 Å². The molecular weight excluding hydrogens is 455 g/mol. The van der Waals surface area contributed by atoms with Crippen LogP contribution in [0.2, 0.25) is 10.0 Å². The maximum atomic E-state index is 13.0. The number of anilines is 1. The molecule has 1 aromatic heterocycles. The third-order valence-electron chi connectivity index (χ3n) is 4.77. The van der Waals surface area contributed by atoms with Crippen LogP contribution in [0.3, 0.4) is 0 Å². The van der Waals surface area contributed by atoms with E-state index in [0.29, 0.717) is 20.7 Å². The summed E-state index contributed by atoms with van der Waals surface area (Å²) in [5, 5.41) is 12.9. The molecule has 0 bridgehead atoms. The molecule has 0 saturated carbocycles. The Hall–Kier alpha value is -2.48. The lowest BCUT2D eigenvalue weighted by molar-refractivity contribution is -0.116. The first-order chi connectivity index (χ1) is 14.9. The smallest absolute Gasteiger partial charge is 0.254 e. The zero-order valence-electron chi connectivity index (χ0n) is 17.1. The maximum absolute atomic E-state index is 13.0. The molecule has 0 spiro atoms. The van der Waals surface area contributed by atoms with Crippen LogP contribution < -0.4 is 5.32 Å². The van der Waals surface area contributed by atoms with Gasteiger partial charge < -0.3 is 10.2 Å². The van der Waals surface area contributed by atoms with Crippen LogP contribution in [0.5, 0.6) is 0 Å². The Morgan fingerprint density at radius 1 is 1.10 bits per heavy atom. The predicted molar refractivity (Wildman–Crippen MR) is 126 cm³/mol. The molecule has 0 aliphatic heterocycles. The fourth-order valence-electron chi connectivity index (χ4n) is 2.96. The minimum atomic E-state index is -0.235. The molecule has 162 valence electrons. The van der Waals surface area contributed by atoms with Gasteiger partial charge in [0.25, 0.3) is 5.91 Å². The second kappa shape index (κ2) is 10.7. The van der Waals surface area contributed by atoms with E-state index in [4.69, 9.17) is 23.2 Å². The van der Waals surface area contributed by atoms with Gasteiger partial charge in [-0.3, -0.25) is 9.59 Å². The Morgan fingerprint density at radius 2 is 1.77 bits per heavy atom. The minimum Gasteiger partial charge on any atom is -0.335 e. The summed E-state index contributed by atoms with van der Waals surface area (Å²) < 4.78 is 0. The quantitative estimate of drug-likeness (QED) is 0.446. The van der Waals surface area contributed by atoms with Gasteiger partial charge in [-0.2, -0.15) is 0 Å². The molecule has 0 radical (unpaired) electrons. The van der Waals surface area contributed by atoms with Crippen LogP contribution in [0.4, 0.5) is 5.13 Å². The lowest BCUT2D eigenvalue weighted by atomic mass is 10.1. The summed E-state index contributed by atoms with van der Waals surface area (Å²) in [4.78, 5) is 27.2. The van der Waals surface area contributed by atoms with Crippen molar-refractivity contribution in [1.29, 1.82) is 0 Å². The van der Waals surface area contributed by atoms with E-state index in [1.807, 2.05) is 44.2 Å². The van der Waals surface area contributed by atoms with Gasteiger partial charge in [0, 0.05) is 40.2 Å². The van der Waals surface area contributed by atoms with E-state index < -0.39 is 0 Å². The third-order valence-corrected chi connectivity index (χ3v) is 6.09. The SMILES string of the molecule is CCC(C)N(CCC(=O)Nc1nnc(-c2ccccc2)s1)C(=O)c1cc(Cl)cc(Cl)c1. The molecule has 1 unspecified atom stereocenters. The fourth-order valence-corrected chi connectivity index (χ4v) is 4.25. The van der Waals surface area contributed by atoms with Gasteiger partial charge in [0.2, 0.25) is 11.0 Å². The van der Waals surface area contributed by atoms with Crippen LogP contribution >= 0.6 is 34.5 Å².